The highest BCUT2D eigenvalue weighted by Gasteiger charge is 2.50. The molecule has 2 atom stereocenters. The molecule has 1 aromatic rings. The van der Waals surface area contributed by atoms with Crippen LogP contribution in [0.15, 0.2) is 41.5 Å². The highest BCUT2D eigenvalue weighted by Crippen LogP contribution is 2.39. The molecule has 2 rings (SSSR count). The molecule has 0 aliphatic heterocycles. The van der Waals surface area contributed by atoms with Crippen molar-refractivity contribution in [2.45, 2.75) is 19.4 Å². The van der Waals surface area contributed by atoms with Crippen molar-refractivity contribution in [2.24, 2.45) is 5.92 Å². The van der Waals surface area contributed by atoms with Crippen LogP contribution in [0.4, 0.5) is 5.69 Å². The van der Waals surface area contributed by atoms with E-state index >= 15 is 0 Å². The lowest BCUT2D eigenvalue weighted by Crippen LogP contribution is -2.55. The number of hydrogen-bond donors (Lipinski definition) is 2. The maximum atomic E-state index is 12.3. The number of rotatable bonds is 4. The lowest BCUT2D eigenvalue weighted by atomic mass is 9.77. The van der Waals surface area contributed by atoms with Gasteiger partial charge in [-0.2, -0.15) is 0 Å². The Kier molecular flexibility index (Phi) is 4.63. The van der Waals surface area contributed by atoms with Gasteiger partial charge in [0.15, 0.2) is 5.78 Å². The Balaban J connectivity index is 2.59. The van der Waals surface area contributed by atoms with E-state index < -0.39 is 17.4 Å². The molecule has 0 aromatic heterocycles. The first kappa shape index (κ1) is 16.6. The second-order valence-corrected chi connectivity index (χ2v) is 6.01. The monoisotopic (exact) mass is 339 g/mol. The predicted octanol–water partition coefficient (Wildman–Crippen LogP) is 3.78. The molecule has 0 spiro atoms. The van der Waals surface area contributed by atoms with E-state index in [9.17, 15) is 14.7 Å². The smallest absolute Gasteiger partial charge is 0.313 e. The Morgan fingerprint density at radius 1 is 1.32 bits per heavy atom. The number of hydrogen-bond acceptors (Lipinski definition) is 3. The SMILES string of the molecule is CC(=O)C1(Nc2cc(Cl)ccc2C)C(Cl)=CC=CC1C(=O)O. The van der Waals surface area contributed by atoms with Crippen molar-refractivity contribution in [1.82, 2.24) is 0 Å². The van der Waals surface area contributed by atoms with Gasteiger partial charge in [-0.3, -0.25) is 9.59 Å². The van der Waals surface area contributed by atoms with E-state index in [1.54, 1.807) is 18.2 Å². The Morgan fingerprint density at radius 3 is 2.59 bits per heavy atom. The normalized spacial score (nSPS) is 23.8. The summed E-state index contributed by atoms with van der Waals surface area (Å²) in [5, 5.41) is 13.1. The summed E-state index contributed by atoms with van der Waals surface area (Å²) in [6.45, 7) is 3.15. The van der Waals surface area contributed by atoms with Gasteiger partial charge in [-0.15, -0.1) is 0 Å². The minimum absolute atomic E-state index is 0.134. The average molecular weight is 340 g/mol. The number of aliphatic carboxylic acids is 1. The van der Waals surface area contributed by atoms with Crippen LogP contribution in [0, 0.1) is 12.8 Å². The summed E-state index contributed by atoms with van der Waals surface area (Å²) in [4.78, 5) is 23.9. The van der Waals surface area contributed by atoms with E-state index in [1.165, 1.54) is 25.2 Å². The fourth-order valence-electron chi connectivity index (χ4n) is 2.50. The summed E-state index contributed by atoms with van der Waals surface area (Å²) >= 11 is 12.2. The van der Waals surface area contributed by atoms with Crippen LogP contribution in [0.5, 0.6) is 0 Å². The summed E-state index contributed by atoms with van der Waals surface area (Å²) in [5.74, 6) is -2.63. The van der Waals surface area contributed by atoms with Crippen molar-refractivity contribution < 1.29 is 14.7 Å². The molecule has 0 saturated heterocycles. The summed E-state index contributed by atoms with van der Waals surface area (Å²) in [6.07, 6.45) is 4.51. The lowest BCUT2D eigenvalue weighted by molar-refractivity contribution is -0.143. The zero-order valence-electron chi connectivity index (χ0n) is 12.1. The van der Waals surface area contributed by atoms with Gasteiger partial charge in [-0.05, 0) is 37.6 Å². The second kappa shape index (κ2) is 6.15. The molecule has 1 aliphatic rings. The first-order valence-electron chi connectivity index (χ1n) is 6.61. The number of Topliss-reactive ketones (excluding diaryl/α,β-unsaturated/α-hetero) is 1. The predicted molar refractivity (Wildman–Crippen MR) is 87.4 cm³/mol. The zero-order valence-corrected chi connectivity index (χ0v) is 13.6. The Labute approximate surface area is 138 Å². The number of allylic oxidation sites excluding steroid dienone is 2. The van der Waals surface area contributed by atoms with Crippen LogP contribution in [-0.4, -0.2) is 22.4 Å². The molecule has 0 saturated carbocycles. The minimum Gasteiger partial charge on any atom is -0.481 e. The summed E-state index contributed by atoms with van der Waals surface area (Å²) in [5.41, 5.74) is -0.151. The zero-order chi connectivity index (χ0) is 16.5. The van der Waals surface area contributed by atoms with Crippen molar-refractivity contribution in [3.8, 4) is 0 Å². The first-order chi connectivity index (χ1) is 10.3. The van der Waals surface area contributed by atoms with Gasteiger partial charge in [0.2, 0.25) is 0 Å². The van der Waals surface area contributed by atoms with Crippen molar-refractivity contribution >= 4 is 40.6 Å². The minimum atomic E-state index is -1.54. The van der Waals surface area contributed by atoms with Crippen LogP contribution in [0.1, 0.15) is 12.5 Å². The summed E-state index contributed by atoms with van der Waals surface area (Å²) in [6, 6.07) is 5.14. The number of carbonyl (C=O) groups excluding carboxylic acids is 1. The molecule has 1 aromatic carbocycles. The molecule has 22 heavy (non-hydrogen) atoms. The van der Waals surface area contributed by atoms with E-state index in [2.05, 4.69) is 5.32 Å². The number of halogens is 2. The lowest BCUT2D eigenvalue weighted by Gasteiger charge is -2.38. The Hall–Kier alpha value is -1.78. The van der Waals surface area contributed by atoms with Crippen LogP contribution in [-0.2, 0) is 9.59 Å². The van der Waals surface area contributed by atoms with Gasteiger partial charge in [-0.25, -0.2) is 0 Å². The number of carbonyl (C=O) groups is 2. The van der Waals surface area contributed by atoms with E-state index in [4.69, 9.17) is 23.2 Å². The first-order valence-corrected chi connectivity index (χ1v) is 7.37. The quantitative estimate of drug-likeness (QED) is 0.875. The fraction of sp³-hybridized carbons (Fsp3) is 0.250. The van der Waals surface area contributed by atoms with Gasteiger partial charge >= 0.3 is 5.97 Å². The fourth-order valence-corrected chi connectivity index (χ4v) is 3.04. The summed E-state index contributed by atoms with van der Waals surface area (Å²) in [7, 11) is 0. The highest BCUT2D eigenvalue weighted by atomic mass is 35.5. The number of aryl methyl sites for hydroxylation is 1. The number of ketones is 1. The molecule has 0 fully saturated rings. The molecule has 0 bridgehead atoms. The molecule has 1 aliphatic carbocycles. The number of benzene rings is 1. The van der Waals surface area contributed by atoms with Crippen molar-refractivity contribution in [3.63, 3.8) is 0 Å². The number of carboxylic acid groups (broad SMARTS) is 1. The van der Waals surface area contributed by atoms with Gasteiger partial charge < -0.3 is 10.4 Å². The van der Waals surface area contributed by atoms with Gasteiger partial charge in [0.05, 0.1) is 5.03 Å². The van der Waals surface area contributed by atoms with Gasteiger partial charge in [0.1, 0.15) is 11.5 Å². The molecule has 2 unspecified atom stereocenters. The average Bonchev–Trinajstić information content (AvgIpc) is 2.44. The van der Waals surface area contributed by atoms with Gasteiger partial charge in [0.25, 0.3) is 0 Å². The molecule has 0 radical (unpaired) electrons. The maximum Gasteiger partial charge on any atom is 0.313 e. The van der Waals surface area contributed by atoms with Crippen molar-refractivity contribution in [3.05, 3.63) is 52.0 Å². The van der Waals surface area contributed by atoms with Gasteiger partial charge in [0, 0.05) is 10.7 Å². The standard InChI is InChI=1S/C16H15Cl2NO3/c1-9-6-7-11(17)8-13(9)19-16(10(2)20)12(15(21)22)4-3-5-14(16)18/h3-8,12,19H,1-2H3,(H,21,22). The number of nitrogens with one attached hydrogen (secondary N) is 1. The number of anilines is 1. The molecule has 6 heteroatoms. The molecular weight excluding hydrogens is 325 g/mol. The van der Waals surface area contributed by atoms with Crippen molar-refractivity contribution in [2.75, 3.05) is 5.32 Å². The molecular formula is C16H15Cl2NO3. The molecule has 0 amide bonds. The van der Waals surface area contributed by atoms with E-state index in [0.29, 0.717) is 10.7 Å². The van der Waals surface area contributed by atoms with E-state index in [1.807, 2.05) is 6.92 Å². The number of carboxylic acids is 1. The molecule has 116 valence electrons. The summed E-state index contributed by atoms with van der Waals surface area (Å²) < 4.78 is 0. The third-order valence-electron chi connectivity index (χ3n) is 3.74. The molecule has 2 N–H and O–H groups in total. The Bertz CT molecular complexity index is 697. The molecule has 0 heterocycles. The van der Waals surface area contributed by atoms with Crippen LogP contribution < -0.4 is 5.32 Å². The van der Waals surface area contributed by atoms with Crippen molar-refractivity contribution in [1.29, 1.82) is 0 Å². The topological polar surface area (TPSA) is 66.4 Å². The third-order valence-corrected chi connectivity index (χ3v) is 4.40. The highest BCUT2D eigenvalue weighted by molar-refractivity contribution is 6.34. The van der Waals surface area contributed by atoms with E-state index in [0.717, 1.165) is 5.56 Å². The third kappa shape index (κ3) is 2.76. The maximum absolute atomic E-state index is 12.3. The largest absolute Gasteiger partial charge is 0.481 e. The van der Waals surface area contributed by atoms with Crippen LogP contribution in [0.25, 0.3) is 0 Å². The van der Waals surface area contributed by atoms with Gasteiger partial charge in [-0.1, -0.05) is 41.4 Å². The van der Waals surface area contributed by atoms with Crippen LogP contribution in [0.2, 0.25) is 5.02 Å². The van der Waals surface area contributed by atoms with Crippen LogP contribution >= 0.6 is 23.2 Å². The molecule has 4 nitrogen and oxygen atoms in total. The van der Waals surface area contributed by atoms with Crippen LogP contribution in [0.3, 0.4) is 0 Å². The Morgan fingerprint density at radius 2 is 2.00 bits per heavy atom. The second-order valence-electron chi connectivity index (χ2n) is 5.16. The van der Waals surface area contributed by atoms with E-state index in [-0.39, 0.29) is 10.8 Å².